The topological polar surface area (TPSA) is 57.4 Å². The van der Waals surface area contributed by atoms with Crippen molar-refractivity contribution in [2.24, 2.45) is 10.2 Å². The average Bonchev–Trinajstić information content (AvgIpc) is 3.16. The van der Waals surface area contributed by atoms with Crippen molar-refractivity contribution in [3.05, 3.63) is 106 Å². The largest absolute Gasteiger partial charge is 0.497 e. The minimum absolute atomic E-state index is 0. The molecule has 225 valence electrons. The van der Waals surface area contributed by atoms with E-state index >= 15 is 0 Å². The fourth-order valence-electron chi connectivity index (χ4n) is 5.05. The van der Waals surface area contributed by atoms with Gasteiger partial charge in [0.1, 0.15) is 5.75 Å². The Kier molecular flexibility index (Phi) is 9.83. The molecule has 4 rings (SSSR count). The number of nitrogens with zero attached hydrogens (tertiary/aromatic N) is 3. The molecule has 1 unspecified atom stereocenters. The van der Waals surface area contributed by atoms with Crippen LogP contribution < -0.4 is 9.64 Å². The van der Waals surface area contributed by atoms with Crippen LogP contribution in [0.2, 0.25) is 0 Å². The molecule has 0 aromatic heterocycles. The van der Waals surface area contributed by atoms with Crippen LogP contribution in [0.3, 0.4) is 0 Å². The molecule has 3 aromatic carbocycles. The molecular formula is C30H27CoF6N3O2. The van der Waals surface area contributed by atoms with Gasteiger partial charge in [0.25, 0.3) is 0 Å². The molecule has 0 aliphatic carbocycles. The van der Waals surface area contributed by atoms with Gasteiger partial charge in [-0.15, -0.1) is 5.10 Å². The molecule has 1 atom stereocenters. The number of alkyl halides is 6. The minimum atomic E-state index is -4.97. The SMILES string of the molecule is CCN1\C(=C/C=N/N=C(\O)c2ccccc2)C(C)(Cc2cc(C(F)(F)F)cc(C(F)(F)F)c2)c2cc(OC)ccc21.[Co]. The molecule has 0 saturated heterocycles. The van der Waals surface area contributed by atoms with Crippen molar-refractivity contribution in [1.82, 2.24) is 0 Å². The number of fused-ring (bicyclic) bond motifs is 1. The zero-order chi connectivity index (χ0) is 30.0. The first-order valence-corrected chi connectivity index (χ1v) is 12.6. The van der Waals surface area contributed by atoms with Crippen molar-refractivity contribution >= 4 is 17.8 Å². The maximum atomic E-state index is 13.6. The van der Waals surface area contributed by atoms with Gasteiger partial charge in [0.05, 0.1) is 24.5 Å². The summed E-state index contributed by atoms with van der Waals surface area (Å²) in [4.78, 5) is 1.90. The summed E-state index contributed by atoms with van der Waals surface area (Å²) in [5, 5.41) is 17.9. The Bertz CT molecular complexity index is 1470. The maximum Gasteiger partial charge on any atom is 0.416 e. The van der Waals surface area contributed by atoms with Gasteiger partial charge in [-0.2, -0.15) is 31.4 Å². The standard InChI is InChI=1S/C30H27F6N3O2.Co/c1-4-39-25-11-10-23(41-3)17-24(25)28(2,26(39)12-13-37-38-27(40)20-8-6-5-7-9-20)18-19-14-21(29(31,32)33)16-22(15-19)30(34,35)36;/h5-17H,4,18H2,1-3H3,(H,38,40);/b26-12-,37-13+;. The number of anilines is 1. The summed E-state index contributed by atoms with van der Waals surface area (Å²) in [7, 11) is 1.47. The van der Waals surface area contributed by atoms with Crippen molar-refractivity contribution < 1.29 is 53.0 Å². The molecular weight excluding hydrogens is 607 g/mol. The zero-order valence-corrected chi connectivity index (χ0v) is 23.8. The second-order valence-corrected chi connectivity index (χ2v) is 9.66. The molecule has 1 N–H and O–H groups in total. The average molecular weight is 634 g/mol. The quantitative estimate of drug-likeness (QED) is 0.124. The number of aliphatic hydroxyl groups excluding tert-OH is 1. The van der Waals surface area contributed by atoms with Crippen LogP contribution >= 0.6 is 0 Å². The number of methoxy groups -OCH3 is 1. The van der Waals surface area contributed by atoms with Crippen molar-refractivity contribution in [1.29, 1.82) is 0 Å². The molecule has 0 fully saturated rings. The van der Waals surface area contributed by atoms with Gasteiger partial charge < -0.3 is 14.7 Å². The molecule has 0 bridgehead atoms. The van der Waals surface area contributed by atoms with Crippen LogP contribution in [0, 0.1) is 0 Å². The summed E-state index contributed by atoms with van der Waals surface area (Å²) in [6.07, 6.45) is -7.20. The second-order valence-electron chi connectivity index (χ2n) is 9.66. The predicted molar refractivity (Wildman–Crippen MR) is 146 cm³/mol. The van der Waals surface area contributed by atoms with Crippen LogP contribution in [-0.2, 0) is 41.0 Å². The molecule has 1 aliphatic rings. The summed E-state index contributed by atoms with van der Waals surface area (Å²) >= 11 is 0. The van der Waals surface area contributed by atoms with Crippen LogP contribution in [0.25, 0.3) is 0 Å². The van der Waals surface area contributed by atoms with Crippen molar-refractivity contribution in [2.45, 2.75) is 38.0 Å². The molecule has 0 spiro atoms. The first-order chi connectivity index (χ1) is 19.3. The summed E-state index contributed by atoms with van der Waals surface area (Å²) in [5.41, 5.74) is -1.54. The number of aliphatic hydroxyl groups is 1. The summed E-state index contributed by atoms with van der Waals surface area (Å²) in [6, 6.07) is 15.4. The second kappa shape index (κ2) is 12.6. The normalized spacial score (nSPS) is 18.4. The van der Waals surface area contributed by atoms with Crippen molar-refractivity contribution in [3.8, 4) is 5.75 Å². The fourth-order valence-corrected chi connectivity index (χ4v) is 5.05. The Hall–Kier alpha value is -3.77. The van der Waals surface area contributed by atoms with Gasteiger partial charge in [0, 0.05) is 45.7 Å². The third-order valence-electron chi connectivity index (χ3n) is 6.95. The van der Waals surface area contributed by atoms with Gasteiger partial charge in [-0.3, -0.25) is 0 Å². The van der Waals surface area contributed by atoms with E-state index < -0.39 is 28.9 Å². The molecule has 1 aliphatic heterocycles. The van der Waals surface area contributed by atoms with E-state index in [4.69, 9.17) is 4.74 Å². The summed E-state index contributed by atoms with van der Waals surface area (Å²) in [5.74, 6) is 0.164. The van der Waals surface area contributed by atoms with E-state index in [1.807, 2.05) is 11.8 Å². The van der Waals surface area contributed by atoms with Crippen molar-refractivity contribution in [3.63, 3.8) is 0 Å². The van der Waals surface area contributed by atoms with Crippen LogP contribution in [0.1, 0.15) is 41.7 Å². The molecule has 1 heterocycles. The van der Waals surface area contributed by atoms with E-state index in [1.54, 1.807) is 61.5 Å². The van der Waals surface area contributed by atoms with Gasteiger partial charge in [-0.1, -0.05) is 18.2 Å². The number of hydrogen-bond donors (Lipinski definition) is 1. The Labute approximate surface area is 249 Å². The molecule has 42 heavy (non-hydrogen) atoms. The number of halogens is 6. The number of hydrogen-bond acceptors (Lipinski definition) is 4. The van der Waals surface area contributed by atoms with Crippen molar-refractivity contribution in [2.75, 3.05) is 18.6 Å². The Balaban J connectivity index is 0.00000484. The van der Waals surface area contributed by atoms with E-state index in [0.29, 0.717) is 29.1 Å². The Morgan fingerprint density at radius 3 is 2.12 bits per heavy atom. The number of allylic oxidation sites excluding steroid dienone is 2. The van der Waals surface area contributed by atoms with Crippen LogP contribution in [0.15, 0.2) is 88.7 Å². The van der Waals surface area contributed by atoms with Gasteiger partial charge in [-0.05, 0) is 86.0 Å². The van der Waals surface area contributed by atoms with E-state index in [9.17, 15) is 31.4 Å². The maximum absolute atomic E-state index is 13.6. The Morgan fingerprint density at radius 2 is 1.57 bits per heavy atom. The zero-order valence-electron chi connectivity index (χ0n) is 22.7. The third-order valence-corrected chi connectivity index (χ3v) is 6.95. The van der Waals surface area contributed by atoms with Gasteiger partial charge >= 0.3 is 12.4 Å². The number of likely N-dealkylation sites (N-methyl/N-ethyl adjacent to an activating group) is 1. The molecule has 3 aromatic rings. The molecule has 5 nitrogen and oxygen atoms in total. The number of ether oxygens (including phenoxy) is 1. The van der Waals surface area contributed by atoms with Crippen LogP contribution in [0.5, 0.6) is 5.75 Å². The summed E-state index contributed by atoms with van der Waals surface area (Å²) in [6.45, 7) is 4.07. The smallest absolute Gasteiger partial charge is 0.416 e. The fraction of sp³-hybridized carbons (Fsp3) is 0.267. The molecule has 0 saturated carbocycles. The number of rotatable bonds is 7. The van der Waals surface area contributed by atoms with Gasteiger partial charge in [0.2, 0.25) is 5.90 Å². The van der Waals surface area contributed by atoms with E-state index in [0.717, 1.165) is 17.8 Å². The molecule has 0 amide bonds. The first kappa shape index (κ1) is 32.7. The van der Waals surface area contributed by atoms with E-state index in [-0.39, 0.29) is 40.7 Å². The summed E-state index contributed by atoms with van der Waals surface area (Å²) < 4.78 is 87.1. The Morgan fingerprint density at radius 1 is 0.952 bits per heavy atom. The molecule has 12 heteroatoms. The third kappa shape index (κ3) is 6.81. The molecule has 1 radical (unpaired) electrons. The number of benzene rings is 3. The first-order valence-electron chi connectivity index (χ1n) is 12.6. The van der Waals surface area contributed by atoms with Crippen LogP contribution in [0.4, 0.5) is 32.0 Å². The monoisotopic (exact) mass is 634 g/mol. The van der Waals surface area contributed by atoms with Crippen LogP contribution in [-0.4, -0.2) is 30.9 Å². The van der Waals surface area contributed by atoms with E-state index in [2.05, 4.69) is 10.2 Å². The van der Waals surface area contributed by atoms with Gasteiger partial charge in [-0.25, -0.2) is 0 Å². The van der Waals surface area contributed by atoms with Gasteiger partial charge in [0.15, 0.2) is 0 Å². The van der Waals surface area contributed by atoms with E-state index in [1.165, 1.54) is 13.3 Å². The predicted octanol–water partition coefficient (Wildman–Crippen LogP) is 7.95. The minimum Gasteiger partial charge on any atom is -0.497 e.